The van der Waals surface area contributed by atoms with Crippen molar-refractivity contribution in [2.24, 2.45) is 0 Å². The Morgan fingerprint density at radius 1 is 1.24 bits per heavy atom. The fourth-order valence-electron chi connectivity index (χ4n) is 2.12. The van der Waals surface area contributed by atoms with Crippen LogP contribution in [0.2, 0.25) is 0 Å². The molecule has 0 aliphatic carbocycles. The van der Waals surface area contributed by atoms with E-state index in [0.717, 1.165) is 11.1 Å². The molecule has 1 heterocycles. The number of benzene rings is 2. The van der Waals surface area contributed by atoms with Gasteiger partial charge in [0.2, 0.25) is 5.91 Å². The number of hydrogen-bond donors (Lipinski definition) is 1. The summed E-state index contributed by atoms with van der Waals surface area (Å²) in [5.41, 5.74) is 2.45. The average molecular weight is 357 g/mol. The third kappa shape index (κ3) is 4.90. The molecule has 2 aromatic carbocycles. The van der Waals surface area contributed by atoms with Crippen molar-refractivity contribution in [1.82, 2.24) is 10.1 Å². The number of carbonyl (C=O) groups is 1. The molecule has 0 unspecified atom stereocenters. The van der Waals surface area contributed by atoms with Crippen molar-refractivity contribution in [2.45, 2.75) is 12.7 Å². The maximum atomic E-state index is 13.1. The number of aromatic nitrogens is 2. The maximum absolute atomic E-state index is 13.1. The Bertz CT molecular complexity index is 865. The van der Waals surface area contributed by atoms with Gasteiger partial charge in [0.05, 0.1) is 11.5 Å². The molecule has 3 rings (SSSR count). The fourth-order valence-corrected chi connectivity index (χ4v) is 2.78. The molecule has 0 aliphatic rings. The molecule has 0 fully saturated rings. The van der Waals surface area contributed by atoms with Gasteiger partial charge in [0.25, 0.3) is 5.89 Å². The van der Waals surface area contributed by atoms with E-state index in [2.05, 4.69) is 15.5 Å². The molecule has 7 heteroatoms. The summed E-state index contributed by atoms with van der Waals surface area (Å²) in [6, 6.07) is 13.6. The number of aryl methyl sites for hydroxylation is 1. The monoisotopic (exact) mass is 357 g/mol. The minimum atomic E-state index is -0.388. The summed E-state index contributed by atoms with van der Waals surface area (Å²) < 4.78 is 18.3. The summed E-state index contributed by atoms with van der Waals surface area (Å²) >= 11 is 1.36. The van der Waals surface area contributed by atoms with Crippen LogP contribution in [0.15, 0.2) is 53.1 Å². The molecule has 1 amide bonds. The summed E-state index contributed by atoms with van der Waals surface area (Å²) in [5, 5.41) is 6.56. The quantitative estimate of drug-likeness (QED) is 0.721. The number of rotatable bonds is 6. The minimum Gasteiger partial charge on any atom is -0.334 e. The number of nitrogens with zero attached hydrogens (tertiary/aromatic N) is 2. The predicted molar refractivity (Wildman–Crippen MR) is 95.7 cm³/mol. The van der Waals surface area contributed by atoms with Crippen LogP contribution in [0, 0.1) is 12.7 Å². The number of anilines is 1. The van der Waals surface area contributed by atoms with Gasteiger partial charge in [-0.1, -0.05) is 28.9 Å². The molecule has 1 aromatic heterocycles. The third-order valence-electron chi connectivity index (χ3n) is 3.34. The summed E-state index contributed by atoms with van der Waals surface area (Å²) in [5.74, 6) is 1.05. The Hall–Kier alpha value is -2.67. The summed E-state index contributed by atoms with van der Waals surface area (Å²) in [6.45, 7) is 2.01. The second-order valence-corrected chi connectivity index (χ2v) is 6.42. The zero-order valence-electron chi connectivity index (χ0n) is 13.5. The van der Waals surface area contributed by atoms with E-state index in [0.29, 0.717) is 23.2 Å². The average Bonchev–Trinajstić information content (AvgIpc) is 3.04. The van der Waals surface area contributed by atoms with Crippen LogP contribution in [0.3, 0.4) is 0 Å². The summed E-state index contributed by atoms with van der Waals surface area (Å²) in [4.78, 5) is 16.2. The van der Waals surface area contributed by atoms with Crippen molar-refractivity contribution in [3.8, 4) is 11.5 Å². The summed E-state index contributed by atoms with van der Waals surface area (Å²) in [7, 11) is 0. The standard InChI is InChI=1S/C18H16FN3O2S/c1-12-5-7-13(8-6-12)18-21-16(22-24-18)10-25-11-17(23)20-15-4-2-3-14(19)9-15/h2-9H,10-11H2,1H3,(H,20,23). The van der Waals surface area contributed by atoms with Gasteiger partial charge in [-0.3, -0.25) is 4.79 Å². The molecule has 0 aliphatic heterocycles. The fraction of sp³-hybridized carbons (Fsp3) is 0.167. The van der Waals surface area contributed by atoms with Gasteiger partial charge in [0.1, 0.15) is 5.82 Å². The van der Waals surface area contributed by atoms with Gasteiger partial charge in [-0.2, -0.15) is 4.98 Å². The highest BCUT2D eigenvalue weighted by atomic mass is 32.2. The van der Waals surface area contributed by atoms with Crippen molar-refractivity contribution in [3.05, 3.63) is 65.7 Å². The zero-order chi connectivity index (χ0) is 17.6. The first-order valence-electron chi connectivity index (χ1n) is 7.63. The molecule has 0 atom stereocenters. The van der Waals surface area contributed by atoms with Crippen LogP contribution < -0.4 is 5.32 Å². The van der Waals surface area contributed by atoms with Gasteiger partial charge in [-0.05, 0) is 37.3 Å². The molecule has 0 saturated heterocycles. The smallest absolute Gasteiger partial charge is 0.257 e. The van der Waals surface area contributed by atoms with E-state index in [1.165, 1.54) is 23.9 Å². The highest BCUT2D eigenvalue weighted by Crippen LogP contribution is 2.19. The number of nitrogens with one attached hydrogen (secondary N) is 1. The lowest BCUT2D eigenvalue weighted by Crippen LogP contribution is -2.14. The third-order valence-corrected chi connectivity index (χ3v) is 4.27. The Kier molecular flexibility index (Phi) is 5.45. The van der Waals surface area contributed by atoms with E-state index < -0.39 is 0 Å². The first kappa shape index (κ1) is 17.2. The van der Waals surface area contributed by atoms with Gasteiger partial charge in [-0.15, -0.1) is 11.8 Å². The highest BCUT2D eigenvalue weighted by molar-refractivity contribution is 7.99. The van der Waals surface area contributed by atoms with Crippen LogP contribution in [-0.2, 0) is 10.5 Å². The summed E-state index contributed by atoms with van der Waals surface area (Å²) in [6.07, 6.45) is 0. The molecule has 128 valence electrons. The van der Waals surface area contributed by atoms with E-state index >= 15 is 0 Å². The second-order valence-electron chi connectivity index (χ2n) is 5.43. The van der Waals surface area contributed by atoms with Crippen molar-refractivity contribution in [1.29, 1.82) is 0 Å². The molecular weight excluding hydrogens is 341 g/mol. The van der Waals surface area contributed by atoms with E-state index in [1.807, 2.05) is 31.2 Å². The lowest BCUT2D eigenvalue weighted by molar-refractivity contribution is -0.113. The molecular formula is C18H16FN3O2S. The zero-order valence-corrected chi connectivity index (χ0v) is 14.3. The van der Waals surface area contributed by atoms with E-state index in [9.17, 15) is 9.18 Å². The molecule has 0 radical (unpaired) electrons. The van der Waals surface area contributed by atoms with Crippen LogP contribution in [0.25, 0.3) is 11.5 Å². The lowest BCUT2D eigenvalue weighted by Gasteiger charge is -2.04. The molecule has 5 nitrogen and oxygen atoms in total. The number of halogens is 1. The van der Waals surface area contributed by atoms with Crippen LogP contribution >= 0.6 is 11.8 Å². The number of hydrogen-bond acceptors (Lipinski definition) is 5. The molecule has 25 heavy (non-hydrogen) atoms. The molecule has 0 bridgehead atoms. The first-order chi connectivity index (χ1) is 12.1. The Morgan fingerprint density at radius 3 is 2.80 bits per heavy atom. The van der Waals surface area contributed by atoms with E-state index in [4.69, 9.17) is 4.52 Å². The molecule has 1 N–H and O–H groups in total. The SMILES string of the molecule is Cc1ccc(-c2nc(CSCC(=O)Nc3cccc(F)c3)no2)cc1. The van der Waals surface area contributed by atoms with Gasteiger partial charge in [-0.25, -0.2) is 4.39 Å². The minimum absolute atomic E-state index is 0.210. The Balaban J connectivity index is 1.49. The normalized spacial score (nSPS) is 10.6. The van der Waals surface area contributed by atoms with Crippen molar-refractivity contribution in [3.63, 3.8) is 0 Å². The van der Waals surface area contributed by atoms with Crippen molar-refractivity contribution >= 4 is 23.4 Å². The number of thioether (sulfide) groups is 1. The van der Waals surface area contributed by atoms with Gasteiger partial charge >= 0.3 is 0 Å². The first-order valence-corrected chi connectivity index (χ1v) is 8.78. The topological polar surface area (TPSA) is 68.0 Å². The van der Waals surface area contributed by atoms with E-state index in [-0.39, 0.29) is 17.5 Å². The molecule has 0 saturated carbocycles. The maximum Gasteiger partial charge on any atom is 0.257 e. The van der Waals surface area contributed by atoms with Crippen LogP contribution in [0.4, 0.5) is 10.1 Å². The Labute approximate surface area is 148 Å². The van der Waals surface area contributed by atoms with Gasteiger partial charge in [0, 0.05) is 11.3 Å². The van der Waals surface area contributed by atoms with Gasteiger partial charge in [0.15, 0.2) is 5.82 Å². The van der Waals surface area contributed by atoms with E-state index in [1.54, 1.807) is 12.1 Å². The largest absolute Gasteiger partial charge is 0.334 e. The van der Waals surface area contributed by atoms with Crippen molar-refractivity contribution < 1.29 is 13.7 Å². The molecule has 0 spiro atoms. The molecule has 3 aromatic rings. The van der Waals surface area contributed by atoms with Crippen molar-refractivity contribution in [2.75, 3.05) is 11.1 Å². The van der Waals surface area contributed by atoms with Crippen LogP contribution in [0.5, 0.6) is 0 Å². The lowest BCUT2D eigenvalue weighted by atomic mass is 10.1. The van der Waals surface area contributed by atoms with Gasteiger partial charge < -0.3 is 9.84 Å². The Morgan fingerprint density at radius 2 is 2.04 bits per heavy atom. The highest BCUT2D eigenvalue weighted by Gasteiger charge is 2.10. The predicted octanol–water partition coefficient (Wildman–Crippen LogP) is 4.06. The number of carbonyl (C=O) groups excluding carboxylic acids is 1. The second kappa shape index (κ2) is 7.94. The number of amides is 1. The van der Waals surface area contributed by atoms with Crippen LogP contribution in [-0.4, -0.2) is 21.8 Å². The van der Waals surface area contributed by atoms with Crippen LogP contribution in [0.1, 0.15) is 11.4 Å².